The van der Waals surface area contributed by atoms with Crippen molar-refractivity contribution in [1.82, 2.24) is 9.80 Å². The van der Waals surface area contributed by atoms with Crippen LogP contribution in [0.3, 0.4) is 0 Å². The highest BCUT2D eigenvalue weighted by Gasteiger charge is 2.27. The van der Waals surface area contributed by atoms with Crippen molar-refractivity contribution in [3.8, 4) is 11.5 Å². The fraction of sp³-hybridized carbons (Fsp3) is 0.478. The first-order valence-corrected chi connectivity index (χ1v) is 10.00. The summed E-state index contributed by atoms with van der Waals surface area (Å²) < 4.78 is 5.44. The summed E-state index contributed by atoms with van der Waals surface area (Å²) in [5.74, 6) is 1.24. The Bertz CT molecular complexity index is 776. The number of aliphatic hydroxyl groups is 1. The van der Waals surface area contributed by atoms with E-state index in [0.717, 1.165) is 44.9 Å². The zero-order chi connectivity index (χ0) is 20.1. The Morgan fingerprint density at radius 1 is 1.00 bits per heavy atom. The van der Waals surface area contributed by atoms with Crippen LogP contribution >= 0.6 is 0 Å². The van der Waals surface area contributed by atoms with Crippen molar-refractivity contribution in [3.05, 3.63) is 58.7 Å². The summed E-state index contributed by atoms with van der Waals surface area (Å²) in [7, 11) is 1.71. The summed E-state index contributed by atoms with van der Waals surface area (Å²) in [5.41, 5.74) is 5.02. The molecule has 2 N–H and O–H groups in total. The van der Waals surface area contributed by atoms with Gasteiger partial charge in [0, 0.05) is 45.4 Å². The van der Waals surface area contributed by atoms with Gasteiger partial charge in [-0.1, -0.05) is 18.2 Å². The number of rotatable bonds is 7. The predicted molar refractivity (Wildman–Crippen MR) is 112 cm³/mol. The van der Waals surface area contributed by atoms with E-state index in [0.29, 0.717) is 11.8 Å². The SMILES string of the molecule is COc1ccc(CN2CCN(Cc3ccc(O)cc3)CC2CCO)c(C)c1C. The summed E-state index contributed by atoms with van der Waals surface area (Å²) >= 11 is 0. The van der Waals surface area contributed by atoms with E-state index in [-0.39, 0.29) is 6.61 Å². The molecule has 152 valence electrons. The number of aromatic hydroxyl groups is 1. The lowest BCUT2D eigenvalue weighted by atomic mass is 10.00. The van der Waals surface area contributed by atoms with Gasteiger partial charge < -0.3 is 14.9 Å². The molecular weight excluding hydrogens is 352 g/mol. The Kier molecular flexibility index (Phi) is 6.94. The second-order valence-corrected chi connectivity index (χ2v) is 7.72. The van der Waals surface area contributed by atoms with E-state index >= 15 is 0 Å². The first-order valence-electron chi connectivity index (χ1n) is 10.00. The molecule has 0 bridgehead atoms. The number of piperazine rings is 1. The number of methoxy groups -OCH3 is 1. The number of benzene rings is 2. The van der Waals surface area contributed by atoms with Crippen LogP contribution in [0, 0.1) is 13.8 Å². The van der Waals surface area contributed by atoms with Crippen LogP contribution in [0.25, 0.3) is 0 Å². The molecule has 0 aromatic heterocycles. The Morgan fingerprint density at radius 2 is 1.75 bits per heavy atom. The molecule has 0 saturated carbocycles. The molecule has 1 unspecified atom stereocenters. The lowest BCUT2D eigenvalue weighted by molar-refractivity contribution is 0.0498. The first kappa shape index (κ1) is 20.6. The van der Waals surface area contributed by atoms with Gasteiger partial charge >= 0.3 is 0 Å². The average Bonchev–Trinajstić information content (AvgIpc) is 2.69. The van der Waals surface area contributed by atoms with E-state index < -0.39 is 0 Å². The van der Waals surface area contributed by atoms with Gasteiger partial charge in [-0.3, -0.25) is 9.80 Å². The standard InChI is InChI=1S/C23H32N2O3/c1-17-18(2)23(28-3)9-6-20(17)15-25-12-11-24(16-21(25)10-13-26)14-19-4-7-22(27)8-5-19/h4-9,21,26-27H,10-16H2,1-3H3. The summed E-state index contributed by atoms with van der Waals surface area (Å²) in [6.45, 7) is 9.16. The third-order valence-corrected chi connectivity index (χ3v) is 5.94. The molecule has 1 aliphatic rings. The van der Waals surface area contributed by atoms with E-state index in [1.165, 1.54) is 22.3 Å². The van der Waals surface area contributed by atoms with Crippen LogP contribution in [-0.2, 0) is 13.1 Å². The molecule has 1 aliphatic heterocycles. The quantitative estimate of drug-likeness (QED) is 0.768. The molecule has 2 aromatic rings. The molecule has 28 heavy (non-hydrogen) atoms. The maximum Gasteiger partial charge on any atom is 0.122 e. The molecule has 3 rings (SSSR count). The normalized spacial score (nSPS) is 18.4. The highest BCUT2D eigenvalue weighted by atomic mass is 16.5. The number of phenolic OH excluding ortho intramolecular Hbond substituents is 1. The second-order valence-electron chi connectivity index (χ2n) is 7.72. The fourth-order valence-corrected chi connectivity index (χ4v) is 4.05. The molecule has 5 heteroatoms. The van der Waals surface area contributed by atoms with Gasteiger partial charge in [-0.15, -0.1) is 0 Å². The largest absolute Gasteiger partial charge is 0.508 e. The Balaban J connectivity index is 1.67. The zero-order valence-electron chi connectivity index (χ0n) is 17.2. The molecule has 1 heterocycles. The Morgan fingerprint density at radius 3 is 2.43 bits per heavy atom. The molecule has 1 saturated heterocycles. The molecule has 0 spiro atoms. The Hall–Kier alpha value is -2.08. The Labute approximate surface area is 168 Å². The van der Waals surface area contributed by atoms with Crippen molar-refractivity contribution in [3.63, 3.8) is 0 Å². The summed E-state index contributed by atoms with van der Waals surface area (Å²) in [6.07, 6.45) is 0.778. The van der Waals surface area contributed by atoms with Crippen molar-refractivity contribution < 1.29 is 14.9 Å². The maximum atomic E-state index is 9.59. The van der Waals surface area contributed by atoms with Gasteiger partial charge in [0.05, 0.1) is 7.11 Å². The van der Waals surface area contributed by atoms with E-state index in [1.54, 1.807) is 19.2 Å². The third-order valence-electron chi connectivity index (χ3n) is 5.94. The highest BCUT2D eigenvalue weighted by Crippen LogP contribution is 2.26. The minimum atomic E-state index is 0.203. The van der Waals surface area contributed by atoms with Crippen LogP contribution in [0.4, 0.5) is 0 Å². The molecule has 1 atom stereocenters. The van der Waals surface area contributed by atoms with Crippen LogP contribution in [0.1, 0.15) is 28.7 Å². The van der Waals surface area contributed by atoms with Crippen LogP contribution in [0.15, 0.2) is 36.4 Å². The van der Waals surface area contributed by atoms with Crippen LogP contribution in [-0.4, -0.2) is 59.4 Å². The second kappa shape index (κ2) is 9.41. The number of phenols is 1. The summed E-state index contributed by atoms with van der Waals surface area (Å²) in [6, 6.07) is 12.0. The average molecular weight is 385 g/mol. The van der Waals surface area contributed by atoms with Gasteiger partial charge in [-0.2, -0.15) is 0 Å². The lowest BCUT2D eigenvalue weighted by Crippen LogP contribution is -2.52. The maximum absolute atomic E-state index is 9.59. The molecule has 2 aromatic carbocycles. The number of ether oxygens (including phenoxy) is 1. The van der Waals surface area contributed by atoms with Crippen LogP contribution in [0.5, 0.6) is 11.5 Å². The molecular formula is C23H32N2O3. The van der Waals surface area contributed by atoms with Gasteiger partial charge in [0.15, 0.2) is 0 Å². The van der Waals surface area contributed by atoms with E-state index in [4.69, 9.17) is 4.74 Å². The minimum Gasteiger partial charge on any atom is -0.508 e. The molecule has 0 amide bonds. The molecule has 1 fully saturated rings. The predicted octanol–water partition coefficient (Wildman–Crippen LogP) is 3.09. The third kappa shape index (κ3) is 4.85. The number of nitrogens with zero attached hydrogens (tertiary/aromatic N) is 2. The fourth-order valence-electron chi connectivity index (χ4n) is 4.05. The number of aliphatic hydroxyl groups excluding tert-OH is 1. The van der Waals surface area contributed by atoms with Crippen molar-refractivity contribution in [2.45, 2.75) is 39.4 Å². The van der Waals surface area contributed by atoms with Crippen molar-refractivity contribution in [2.24, 2.45) is 0 Å². The van der Waals surface area contributed by atoms with Gasteiger partial charge in [0.25, 0.3) is 0 Å². The number of hydrogen-bond acceptors (Lipinski definition) is 5. The van der Waals surface area contributed by atoms with Crippen molar-refractivity contribution in [1.29, 1.82) is 0 Å². The van der Waals surface area contributed by atoms with Crippen molar-refractivity contribution >= 4 is 0 Å². The monoisotopic (exact) mass is 384 g/mol. The highest BCUT2D eigenvalue weighted by molar-refractivity contribution is 5.43. The van der Waals surface area contributed by atoms with Crippen molar-refractivity contribution in [2.75, 3.05) is 33.4 Å². The van der Waals surface area contributed by atoms with Crippen LogP contribution in [0.2, 0.25) is 0 Å². The van der Waals surface area contributed by atoms with Gasteiger partial charge in [0.1, 0.15) is 11.5 Å². The summed E-state index contributed by atoms with van der Waals surface area (Å²) in [5, 5.41) is 19.1. The van der Waals surface area contributed by atoms with E-state index in [9.17, 15) is 10.2 Å². The van der Waals surface area contributed by atoms with Gasteiger partial charge in [-0.05, 0) is 60.7 Å². The topological polar surface area (TPSA) is 56.2 Å². The van der Waals surface area contributed by atoms with E-state index in [2.05, 4.69) is 35.8 Å². The summed E-state index contributed by atoms with van der Waals surface area (Å²) in [4.78, 5) is 4.94. The smallest absolute Gasteiger partial charge is 0.122 e. The number of hydrogen-bond donors (Lipinski definition) is 2. The van der Waals surface area contributed by atoms with E-state index in [1.807, 2.05) is 12.1 Å². The first-order chi connectivity index (χ1) is 13.5. The minimum absolute atomic E-state index is 0.203. The molecule has 0 aliphatic carbocycles. The van der Waals surface area contributed by atoms with Gasteiger partial charge in [0.2, 0.25) is 0 Å². The molecule has 0 radical (unpaired) electrons. The van der Waals surface area contributed by atoms with Crippen LogP contribution < -0.4 is 4.74 Å². The lowest BCUT2D eigenvalue weighted by Gasteiger charge is -2.41. The zero-order valence-corrected chi connectivity index (χ0v) is 17.2. The molecule has 5 nitrogen and oxygen atoms in total. The van der Waals surface area contributed by atoms with Gasteiger partial charge in [-0.25, -0.2) is 0 Å².